The summed E-state index contributed by atoms with van der Waals surface area (Å²) in [5.41, 5.74) is 1.55. The first-order chi connectivity index (χ1) is 15.7. The van der Waals surface area contributed by atoms with Crippen LogP contribution in [0.15, 0.2) is 53.4 Å². The Bertz CT molecular complexity index is 1090. The smallest absolute Gasteiger partial charge is 0.251 e. The van der Waals surface area contributed by atoms with Gasteiger partial charge in [0.05, 0.1) is 11.4 Å². The number of amides is 3. The highest BCUT2D eigenvalue weighted by molar-refractivity contribution is 7.89. The summed E-state index contributed by atoms with van der Waals surface area (Å²) in [6.45, 7) is 1.33. The van der Waals surface area contributed by atoms with E-state index < -0.39 is 10.0 Å². The topological polar surface area (TPSA) is 133 Å². The summed E-state index contributed by atoms with van der Waals surface area (Å²) >= 11 is 0. The van der Waals surface area contributed by atoms with Gasteiger partial charge in [-0.1, -0.05) is 25.0 Å². The first kappa shape index (κ1) is 24.4. The molecule has 2 aromatic rings. The third-order valence-electron chi connectivity index (χ3n) is 5.30. The Hall–Kier alpha value is -3.24. The van der Waals surface area contributed by atoms with Gasteiger partial charge in [0.1, 0.15) is 0 Å². The molecule has 1 aliphatic rings. The Labute approximate surface area is 193 Å². The second-order valence-electron chi connectivity index (χ2n) is 7.96. The summed E-state index contributed by atoms with van der Waals surface area (Å²) in [4.78, 5) is 35.3. The SMILES string of the molecule is CC(=O)Nc1ccc(S(=O)(=O)NCc2ccc(C(=O)NCC(=O)NC3CCCC3)cc2)cc1. The molecule has 176 valence electrons. The number of sulfonamides is 1. The van der Waals surface area contributed by atoms with E-state index in [9.17, 15) is 22.8 Å². The zero-order chi connectivity index (χ0) is 23.8. The first-order valence-corrected chi connectivity index (χ1v) is 12.2. The molecular weight excluding hydrogens is 444 g/mol. The fourth-order valence-electron chi connectivity index (χ4n) is 3.57. The lowest BCUT2D eigenvalue weighted by molar-refractivity contribution is -0.120. The number of carbonyl (C=O) groups is 3. The van der Waals surface area contributed by atoms with Crippen molar-refractivity contribution in [1.29, 1.82) is 0 Å². The Morgan fingerprint density at radius 3 is 2.18 bits per heavy atom. The highest BCUT2D eigenvalue weighted by atomic mass is 32.2. The standard InChI is InChI=1S/C23H28N4O5S/c1-16(28)26-20-10-12-21(13-11-20)33(31,32)25-14-17-6-8-18(9-7-17)23(30)24-15-22(29)27-19-4-2-3-5-19/h6-13,19,25H,2-5,14-15H2,1H3,(H,24,30)(H,26,28)(H,27,29). The summed E-state index contributed by atoms with van der Waals surface area (Å²) in [6, 6.07) is 12.5. The van der Waals surface area contributed by atoms with Crippen LogP contribution in [0.2, 0.25) is 0 Å². The number of hydrogen-bond acceptors (Lipinski definition) is 5. The molecule has 0 saturated heterocycles. The summed E-state index contributed by atoms with van der Waals surface area (Å²) in [5, 5.41) is 8.09. The van der Waals surface area contributed by atoms with Crippen molar-refractivity contribution < 1.29 is 22.8 Å². The van der Waals surface area contributed by atoms with E-state index in [1.165, 1.54) is 31.2 Å². The van der Waals surface area contributed by atoms with Crippen molar-refractivity contribution in [2.75, 3.05) is 11.9 Å². The number of benzene rings is 2. The third-order valence-corrected chi connectivity index (χ3v) is 6.71. The molecule has 0 aliphatic heterocycles. The average Bonchev–Trinajstić information content (AvgIpc) is 3.29. The lowest BCUT2D eigenvalue weighted by Gasteiger charge is -2.12. The van der Waals surface area contributed by atoms with Gasteiger partial charge in [-0.15, -0.1) is 0 Å². The number of hydrogen-bond donors (Lipinski definition) is 4. The molecule has 0 unspecified atom stereocenters. The van der Waals surface area contributed by atoms with E-state index in [4.69, 9.17) is 0 Å². The average molecular weight is 473 g/mol. The molecule has 0 heterocycles. The minimum absolute atomic E-state index is 0.0431. The van der Waals surface area contributed by atoms with Gasteiger partial charge in [-0.05, 0) is 54.8 Å². The van der Waals surface area contributed by atoms with Gasteiger partial charge in [-0.3, -0.25) is 14.4 Å². The quantitative estimate of drug-likeness (QED) is 0.442. The van der Waals surface area contributed by atoms with Crippen LogP contribution in [0.5, 0.6) is 0 Å². The number of rotatable bonds is 9. The van der Waals surface area contributed by atoms with Gasteiger partial charge < -0.3 is 16.0 Å². The molecule has 1 aliphatic carbocycles. The van der Waals surface area contributed by atoms with Crippen LogP contribution in [0.1, 0.15) is 48.5 Å². The minimum Gasteiger partial charge on any atom is -0.352 e. The largest absolute Gasteiger partial charge is 0.352 e. The molecule has 3 amide bonds. The normalized spacial score (nSPS) is 14.0. The van der Waals surface area contributed by atoms with Crippen LogP contribution in [0.4, 0.5) is 5.69 Å². The van der Waals surface area contributed by atoms with E-state index in [0.717, 1.165) is 25.7 Å². The summed E-state index contributed by atoms with van der Waals surface area (Å²) in [7, 11) is -3.74. The fourth-order valence-corrected chi connectivity index (χ4v) is 4.59. The molecule has 4 N–H and O–H groups in total. The number of carbonyl (C=O) groups excluding carboxylic acids is 3. The van der Waals surface area contributed by atoms with Crippen molar-refractivity contribution in [3.8, 4) is 0 Å². The minimum atomic E-state index is -3.74. The molecule has 1 saturated carbocycles. The van der Waals surface area contributed by atoms with Gasteiger partial charge in [0.2, 0.25) is 21.8 Å². The van der Waals surface area contributed by atoms with Crippen LogP contribution in [-0.4, -0.2) is 38.7 Å². The Kier molecular flexibility index (Phi) is 8.18. The maximum absolute atomic E-state index is 12.5. The van der Waals surface area contributed by atoms with E-state index in [-0.39, 0.29) is 41.7 Å². The fraction of sp³-hybridized carbons (Fsp3) is 0.348. The molecule has 0 aromatic heterocycles. The van der Waals surface area contributed by atoms with E-state index in [1.807, 2.05) is 0 Å². The lowest BCUT2D eigenvalue weighted by Crippen LogP contribution is -2.40. The van der Waals surface area contributed by atoms with Gasteiger partial charge in [0, 0.05) is 30.8 Å². The summed E-state index contributed by atoms with van der Waals surface area (Å²) in [6.07, 6.45) is 4.19. The first-order valence-electron chi connectivity index (χ1n) is 10.8. The highest BCUT2D eigenvalue weighted by Gasteiger charge is 2.18. The zero-order valence-electron chi connectivity index (χ0n) is 18.4. The van der Waals surface area contributed by atoms with Crippen LogP contribution in [0.3, 0.4) is 0 Å². The summed E-state index contributed by atoms with van der Waals surface area (Å²) in [5.74, 6) is -0.817. The second kappa shape index (κ2) is 11.1. The molecule has 9 nitrogen and oxygen atoms in total. The van der Waals surface area contributed by atoms with Crippen LogP contribution < -0.4 is 20.7 Å². The highest BCUT2D eigenvalue weighted by Crippen LogP contribution is 2.17. The van der Waals surface area contributed by atoms with Crippen LogP contribution in [0.25, 0.3) is 0 Å². The van der Waals surface area contributed by atoms with Gasteiger partial charge >= 0.3 is 0 Å². The number of nitrogens with one attached hydrogen (secondary N) is 4. The maximum atomic E-state index is 12.5. The van der Waals surface area contributed by atoms with Crippen molar-refractivity contribution in [3.05, 3.63) is 59.7 Å². The van der Waals surface area contributed by atoms with Crippen LogP contribution >= 0.6 is 0 Å². The monoisotopic (exact) mass is 472 g/mol. The van der Waals surface area contributed by atoms with Crippen molar-refractivity contribution in [2.24, 2.45) is 0 Å². The van der Waals surface area contributed by atoms with Gasteiger partial charge in [0.15, 0.2) is 0 Å². The maximum Gasteiger partial charge on any atom is 0.251 e. The molecule has 3 rings (SSSR count). The van der Waals surface area contributed by atoms with Gasteiger partial charge in [-0.2, -0.15) is 0 Å². The van der Waals surface area contributed by atoms with Crippen molar-refractivity contribution in [3.63, 3.8) is 0 Å². The molecule has 1 fully saturated rings. The van der Waals surface area contributed by atoms with Gasteiger partial charge in [0.25, 0.3) is 5.91 Å². The molecule has 0 atom stereocenters. The molecule has 33 heavy (non-hydrogen) atoms. The van der Waals surface area contributed by atoms with E-state index in [1.54, 1.807) is 24.3 Å². The van der Waals surface area contributed by atoms with Crippen LogP contribution in [-0.2, 0) is 26.2 Å². The van der Waals surface area contributed by atoms with E-state index in [0.29, 0.717) is 16.8 Å². The second-order valence-corrected chi connectivity index (χ2v) is 9.73. The molecule has 10 heteroatoms. The molecule has 0 radical (unpaired) electrons. The van der Waals surface area contributed by atoms with E-state index >= 15 is 0 Å². The predicted octanol–water partition coefficient (Wildman–Crippen LogP) is 1.91. The summed E-state index contributed by atoms with van der Waals surface area (Å²) < 4.78 is 27.5. The van der Waals surface area contributed by atoms with E-state index in [2.05, 4.69) is 20.7 Å². The molecule has 0 bridgehead atoms. The molecular formula is C23H28N4O5S. The molecule has 2 aromatic carbocycles. The number of anilines is 1. The third kappa shape index (κ3) is 7.40. The predicted molar refractivity (Wildman–Crippen MR) is 124 cm³/mol. The Morgan fingerprint density at radius 2 is 1.58 bits per heavy atom. The zero-order valence-corrected chi connectivity index (χ0v) is 19.2. The lowest BCUT2D eigenvalue weighted by atomic mass is 10.1. The Balaban J connectivity index is 1.48. The Morgan fingerprint density at radius 1 is 0.939 bits per heavy atom. The van der Waals surface area contributed by atoms with Crippen LogP contribution in [0, 0.1) is 0 Å². The van der Waals surface area contributed by atoms with Crippen molar-refractivity contribution >= 4 is 33.4 Å². The van der Waals surface area contributed by atoms with Gasteiger partial charge in [-0.25, -0.2) is 13.1 Å². The van der Waals surface area contributed by atoms with Crippen molar-refractivity contribution in [2.45, 2.75) is 50.1 Å². The molecule has 0 spiro atoms. The van der Waals surface area contributed by atoms with Crippen molar-refractivity contribution in [1.82, 2.24) is 15.4 Å².